The van der Waals surface area contributed by atoms with Crippen molar-refractivity contribution in [2.75, 3.05) is 13.1 Å². The van der Waals surface area contributed by atoms with Crippen LogP contribution in [-0.4, -0.2) is 18.7 Å². The molecule has 3 rings (SSSR count). The van der Waals surface area contributed by atoms with Gasteiger partial charge in [0.15, 0.2) is 0 Å². The lowest BCUT2D eigenvalue weighted by molar-refractivity contribution is -0.0517. The van der Waals surface area contributed by atoms with E-state index < -0.39 is 0 Å². The first-order valence-corrected chi connectivity index (χ1v) is 5.70. The van der Waals surface area contributed by atoms with E-state index in [9.17, 15) is 0 Å². The minimum Gasteiger partial charge on any atom is -0.369 e. The molecule has 1 aromatic carbocycles. The third-order valence-corrected chi connectivity index (χ3v) is 3.99. The minimum atomic E-state index is -0.0440. The average Bonchev–Trinajstić information content (AvgIpc) is 2.60. The summed E-state index contributed by atoms with van der Waals surface area (Å²) in [4.78, 5) is 0. The highest BCUT2D eigenvalue weighted by molar-refractivity contribution is 6.31. The van der Waals surface area contributed by atoms with Crippen molar-refractivity contribution in [2.24, 2.45) is 0 Å². The summed E-state index contributed by atoms with van der Waals surface area (Å²) in [6.07, 6.45) is 0. The highest BCUT2D eigenvalue weighted by Gasteiger charge is 2.44. The van der Waals surface area contributed by atoms with Crippen molar-refractivity contribution >= 4 is 11.6 Å². The molecule has 2 aliphatic heterocycles. The van der Waals surface area contributed by atoms with Gasteiger partial charge in [0.05, 0.1) is 12.2 Å². The van der Waals surface area contributed by atoms with Crippen molar-refractivity contribution in [1.82, 2.24) is 5.32 Å². The first-order chi connectivity index (χ1) is 7.21. The Labute approximate surface area is 94.6 Å². The normalized spacial score (nSPS) is 33.6. The highest BCUT2D eigenvalue weighted by Crippen LogP contribution is 2.42. The van der Waals surface area contributed by atoms with Crippen molar-refractivity contribution in [3.05, 3.63) is 34.3 Å². The van der Waals surface area contributed by atoms with Gasteiger partial charge >= 0.3 is 0 Å². The maximum atomic E-state index is 6.18. The predicted octanol–water partition coefficient (Wildman–Crippen LogP) is 2.32. The van der Waals surface area contributed by atoms with Gasteiger partial charge in [0.2, 0.25) is 0 Å². The summed E-state index contributed by atoms with van der Waals surface area (Å²) in [5, 5.41) is 4.23. The number of fused-ring (bicyclic) bond motifs is 3. The second-order valence-corrected chi connectivity index (χ2v) is 5.00. The molecule has 0 amide bonds. The molecule has 2 heterocycles. The lowest BCUT2D eigenvalue weighted by atomic mass is 9.81. The van der Waals surface area contributed by atoms with Gasteiger partial charge in [0.1, 0.15) is 0 Å². The molecular formula is C12H14ClNO. The minimum absolute atomic E-state index is 0.0440. The Morgan fingerprint density at radius 3 is 3.27 bits per heavy atom. The van der Waals surface area contributed by atoms with Crippen LogP contribution in [0, 0.1) is 0 Å². The van der Waals surface area contributed by atoms with Gasteiger partial charge in [-0.1, -0.05) is 23.7 Å². The second-order valence-electron chi connectivity index (χ2n) is 4.59. The van der Waals surface area contributed by atoms with Gasteiger partial charge in [-0.3, -0.25) is 0 Å². The fraction of sp³-hybridized carbons (Fsp3) is 0.500. The van der Waals surface area contributed by atoms with Gasteiger partial charge < -0.3 is 10.1 Å². The number of hydrogen-bond donors (Lipinski definition) is 1. The van der Waals surface area contributed by atoms with Gasteiger partial charge in [-0.2, -0.15) is 0 Å². The van der Waals surface area contributed by atoms with E-state index in [1.54, 1.807) is 0 Å². The number of ether oxygens (including phenoxy) is 1. The molecule has 2 atom stereocenters. The average molecular weight is 224 g/mol. The molecule has 0 unspecified atom stereocenters. The third-order valence-electron chi connectivity index (χ3n) is 3.64. The number of benzene rings is 1. The van der Waals surface area contributed by atoms with Crippen LogP contribution in [-0.2, 0) is 11.3 Å². The molecule has 0 saturated carbocycles. The Kier molecular flexibility index (Phi) is 2.06. The maximum Gasteiger partial charge on any atom is 0.0863 e. The molecule has 0 radical (unpaired) electrons. The van der Waals surface area contributed by atoms with E-state index >= 15 is 0 Å². The molecule has 1 aromatic rings. The zero-order chi connectivity index (χ0) is 10.5. The molecule has 80 valence electrons. The highest BCUT2D eigenvalue weighted by atomic mass is 35.5. The van der Waals surface area contributed by atoms with Gasteiger partial charge in [0.25, 0.3) is 0 Å². The zero-order valence-corrected chi connectivity index (χ0v) is 9.47. The van der Waals surface area contributed by atoms with E-state index in [1.807, 2.05) is 12.1 Å². The van der Waals surface area contributed by atoms with Crippen LogP contribution in [0.1, 0.15) is 24.0 Å². The summed E-state index contributed by atoms with van der Waals surface area (Å²) in [6, 6.07) is 6.15. The Bertz CT molecular complexity index is 407. The van der Waals surface area contributed by atoms with Gasteiger partial charge in [-0.25, -0.2) is 0 Å². The van der Waals surface area contributed by atoms with Crippen LogP contribution in [0.4, 0.5) is 0 Å². The molecule has 0 aromatic heterocycles. The smallest absolute Gasteiger partial charge is 0.0863 e. The summed E-state index contributed by atoms with van der Waals surface area (Å²) in [5.41, 5.74) is 2.49. The Morgan fingerprint density at radius 2 is 2.40 bits per heavy atom. The van der Waals surface area contributed by atoms with Crippen molar-refractivity contribution < 1.29 is 4.74 Å². The SMILES string of the molecule is C[C@@]12CNC[C@@H]1c1cccc(Cl)c1CO2. The topological polar surface area (TPSA) is 21.3 Å². The number of rotatable bonds is 0. The lowest BCUT2D eigenvalue weighted by Gasteiger charge is -2.37. The molecule has 0 bridgehead atoms. The molecule has 3 heteroatoms. The van der Waals surface area contributed by atoms with Crippen molar-refractivity contribution in [2.45, 2.75) is 25.0 Å². The predicted molar refractivity (Wildman–Crippen MR) is 60.3 cm³/mol. The maximum absolute atomic E-state index is 6.18. The van der Waals surface area contributed by atoms with Crippen LogP contribution in [0.2, 0.25) is 5.02 Å². The summed E-state index contributed by atoms with van der Waals surface area (Å²) in [7, 11) is 0. The van der Waals surface area contributed by atoms with E-state index in [4.69, 9.17) is 16.3 Å². The monoisotopic (exact) mass is 223 g/mol. The first kappa shape index (κ1) is 9.64. The molecule has 15 heavy (non-hydrogen) atoms. The summed E-state index contributed by atoms with van der Waals surface area (Å²) in [5.74, 6) is 0.444. The zero-order valence-electron chi connectivity index (χ0n) is 8.72. The Hall–Kier alpha value is -0.570. The fourth-order valence-electron chi connectivity index (χ4n) is 2.69. The quantitative estimate of drug-likeness (QED) is 0.729. The summed E-state index contributed by atoms with van der Waals surface area (Å²) < 4.78 is 5.95. The molecule has 1 fully saturated rings. The van der Waals surface area contributed by atoms with Crippen LogP contribution in [0.3, 0.4) is 0 Å². The van der Waals surface area contributed by atoms with Gasteiger partial charge in [0, 0.05) is 24.0 Å². The summed E-state index contributed by atoms with van der Waals surface area (Å²) in [6.45, 7) is 4.75. The number of nitrogens with one attached hydrogen (secondary N) is 1. The van der Waals surface area contributed by atoms with Crippen LogP contribution in [0.25, 0.3) is 0 Å². The third kappa shape index (κ3) is 1.32. The molecular weight excluding hydrogens is 210 g/mol. The molecule has 2 nitrogen and oxygen atoms in total. The molecule has 0 aliphatic carbocycles. The van der Waals surface area contributed by atoms with E-state index in [0.29, 0.717) is 12.5 Å². The summed E-state index contributed by atoms with van der Waals surface area (Å²) >= 11 is 6.18. The largest absolute Gasteiger partial charge is 0.369 e. The Morgan fingerprint density at radius 1 is 1.53 bits per heavy atom. The fourth-order valence-corrected chi connectivity index (χ4v) is 2.92. The van der Waals surface area contributed by atoms with Crippen molar-refractivity contribution in [3.63, 3.8) is 0 Å². The first-order valence-electron chi connectivity index (χ1n) is 5.33. The van der Waals surface area contributed by atoms with Crippen molar-refractivity contribution in [3.8, 4) is 0 Å². The molecule has 2 aliphatic rings. The molecule has 0 spiro atoms. The van der Waals surface area contributed by atoms with Crippen LogP contribution in [0.15, 0.2) is 18.2 Å². The standard InChI is InChI=1S/C12H14ClNO/c1-12-7-14-5-10(12)8-3-2-4-11(13)9(8)6-15-12/h2-4,10,14H,5-7H2,1H3/t10-,12-/m1/s1. The van der Waals surface area contributed by atoms with E-state index in [1.165, 1.54) is 11.1 Å². The van der Waals surface area contributed by atoms with Crippen LogP contribution in [0.5, 0.6) is 0 Å². The number of hydrogen-bond acceptors (Lipinski definition) is 2. The molecule has 1 saturated heterocycles. The second kappa shape index (κ2) is 3.21. The van der Waals surface area contributed by atoms with E-state index in [-0.39, 0.29) is 5.60 Å². The van der Waals surface area contributed by atoms with Gasteiger partial charge in [-0.05, 0) is 24.1 Å². The van der Waals surface area contributed by atoms with Crippen molar-refractivity contribution in [1.29, 1.82) is 0 Å². The Balaban J connectivity index is 2.13. The van der Waals surface area contributed by atoms with E-state index in [2.05, 4.69) is 18.3 Å². The van der Waals surface area contributed by atoms with E-state index in [0.717, 1.165) is 18.1 Å². The number of halogens is 1. The molecule has 1 N–H and O–H groups in total. The van der Waals surface area contributed by atoms with Crippen LogP contribution >= 0.6 is 11.6 Å². The lowest BCUT2D eigenvalue weighted by Crippen LogP contribution is -2.39. The van der Waals surface area contributed by atoms with Crippen LogP contribution < -0.4 is 5.32 Å². The van der Waals surface area contributed by atoms with Gasteiger partial charge in [-0.15, -0.1) is 0 Å².